The molecule has 20 heavy (non-hydrogen) atoms. The van der Waals surface area contributed by atoms with Crippen LogP contribution in [0.25, 0.3) is 0 Å². The van der Waals surface area contributed by atoms with Gasteiger partial charge in [0.15, 0.2) is 6.61 Å². The number of hydrogen-bond donors (Lipinski definition) is 2. The van der Waals surface area contributed by atoms with Crippen LogP contribution in [0.3, 0.4) is 0 Å². The lowest BCUT2D eigenvalue weighted by Crippen LogP contribution is -2.29. The molecule has 5 heteroatoms. The third-order valence-electron chi connectivity index (χ3n) is 3.13. The van der Waals surface area contributed by atoms with Crippen LogP contribution in [0.5, 0.6) is 5.75 Å². The van der Waals surface area contributed by atoms with Crippen molar-refractivity contribution in [2.75, 3.05) is 13.2 Å². The minimum Gasteiger partial charge on any atom is -0.482 e. The lowest BCUT2D eigenvalue weighted by molar-refractivity contribution is -0.123. The van der Waals surface area contributed by atoms with Gasteiger partial charge in [-0.25, -0.2) is 0 Å². The molecule has 1 aliphatic carbocycles. The van der Waals surface area contributed by atoms with Gasteiger partial charge in [-0.05, 0) is 41.3 Å². The zero-order valence-corrected chi connectivity index (χ0v) is 13.3. The fourth-order valence-electron chi connectivity index (χ4n) is 1.85. The summed E-state index contributed by atoms with van der Waals surface area (Å²) in [5.41, 5.74) is 1.08. The van der Waals surface area contributed by atoms with E-state index in [-0.39, 0.29) is 12.5 Å². The summed E-state index contributed by atoms with van der Waals surface area (Å²) < 4.78 is 6.57. The van der Waals surface area contributed by atoms with E-state index < -0.39 is 0 Å². The second-order valence-corrected chi connectivity index (χ2v) is 5.88. The molecule has 0 atom stereocenters. The van der Waals surface area contributed by atoms with Crippen molar-refractivity contribution in [3.8, 4) is 5.75 Å². The monoisotopic (exact) mass is 340 g/mol. The van der Waals surface area contributed by atoms with Gasteiger partial charge in [-0.1, -0.05) is 19.1 Å². The van der Waals surface area contributed by atoms with Gasteiger partial charge in [0.25, 0.3) is 5.91 Å². The molecule has 0 unspecified atom stereocenters. The van der Waals surface area contributed by atoms with E-state index >= 15 is 0 Å². The molecule has 0 saturated heterocycles. The summed E-state index contributed by atoms with van der Waals surface area (Å²) in [6.07, 6.45) is 3.44. The third kappa shape index (κ3) is 4.80. The largest absolute Gasteiger partial charge is 0.482 e. The van der Waals surface area contributed by atoms with E-state index in [9.17, 15) is 4.79 Å². The first kappa shape index (κ1) is 15.3. The lowest BCUT2D eigenvalue weighted by Gasteiger charge is -2.13. The quantitative estimate of drug-likeness (QED) is 0.764. The molecule has 2 rings (SSSR count). The maximum Gasteiger partial charge on any atom is 0.257 e. The van der Waals surface area contributed by atoms with Gasteiger partial charge in [0.1, 0.15) is 5.75 Å². The molecule has 0 aromatic heterocycles. The first-order valence-electron chi connectivity index (χ1n) is 7.11. The highest BCUT2D eigenvalue weighted by Crippen LogP contribution is 2.30. The van der Waals surface area contributed by atoms with Gasteiger partial charge in [-0.15, -0.1) is 0 Å². The zero-order chi connectivity index (χ0) is 14.4. The number of para-hydroxylation sites is 1. The fraction of sp³-hybridized carbons (Fsp3) is 0.533. The van der Waals surface area contributed by atoms with Gasteiger partial charge in [0.05, 0.1) is 4.47 Å². The standard InChI is InChI=1S/C15H21BrN2O2/c1-2-8-17-14(19)10-20-15-11(4-3-5-13(15)16)9-18-12-6-7-12/h3-5,12,18H,2,6-10H2,1H3,(H,17,19). The molecule has 0 radical (unpaired) electrons. The maximum absolute atomic E-state index is 11.6. The Morgan fingerprint density at radius 2 is 2.25 bits per heavy atom. The predicted molar refractivity (Wildman–Crippen MR) is 82.8 cm³/mol. The highest BCUT2D eigenvalue weighted by atomic mass is 79.9. The Morgan fingerprint density at radius 1 is 1.45 bits per heavy atom. The van der Waals surface area contributed by atoms with Crippen molar-refractivity contribution < 1.29 is 9.53 Å². The number of hydrogen-bond acceptors (Lipinski definition) is 3. The Morgan fingerprint density at radius 3 is 2.95 bits per heavy atom. The van der Waals surface area contributed by atoms with Crippen molar-refractivity contribution in [1.29, 1.82) is 0 Å². The molecule has 1 fully saturated rings. The number of ether oxygens (including phenoxy) is 1. The van der Waals surface area contributed by atoms with Crippen molar-refractivity contribution in [3.63, 3.8) is 0 Å². The van der Waals surface area contributed by atoms with E-state index in [1.165, 1.54) is 12.8 Å². The SMILES string of the molecule is CCCNC(=O)COc1c(Br)cccc1CNC1CC1. The smallest absolute Gasteiger partial charge is 0.257 e. The summed E-state index contributed by atoms with van der Waals surface area (Å²) in [5.74, 6) is 0.677. The van der Waals surface area contributed by atoms with E-state index in [4.69, 9.17) is 4.74 Å². The van der Waals surface area contributed by atoms with Gasteiger partial charge >= 0.3 is 0 Å². The van der Waals surface area contributed by atoms with Crippen LogP contribution >= 0.6 is 15.9 Å². The van der Waals surface area contributed by atoms with Crippen LogP contribution in [0.15, 0.2) is 22.7 Å². The normalized spacial score (nSPS) is 14.1. The average Bonchev–Trinajstić information content (AvgIpc) is 3.26. The molecule has 1 aromatic carbocycles. The van der Waals surface area contributed by atoms with Crippen LogP contribution in [0.1, 0.15) is 31.7 Å². The second kappa shape index (κ2) is 7.64. The maximum atomic E-state index is 11.6. The number of halogens is 1. The topological polar surface area (TPSA) is 50.4 Å². The minimum absolute atomic E-state index is 0.0546. The Balaban J connectivity index is 1.92. The van der Waals surface area contributed by atoms with Crippen molar-refractivity contribution in [3.05, 3.63) is 28.2 Å². The van der Waals surface area contributed by atoms with Crippen LogP contribution in [-0.2, 0) is 11.3 Å². The Hall–Kier alpha value is -1.07. The molecular weight excluding hydrogens is 320 g/mol. The van der Waals surface area contributed by atoms with Crippen LogP contribution in [-0.4, -0.2) is 25.1 Å². The number of rotatable bonds is 8. The summed E-state index contributed by atoms with van der Waals surface area (Å²) in [6.45, 7) is 3.54. The molecule has 4 nitrogen and oxygen atoms in total. The molecular formula is C15H21BrN2O2. The van der Waals surface area contributed by atoms with Gasteiger partial charge in [-0.2, -0.15) is 0 Å². The molecule has 0 spiro atoms. The van der Waals surface area contributed by atoms with Gasteiger partial charge < -0.3 is 15.4 Å². The second-order valence-electron chi connectivity index (χ2n) is 5.02. The Bertz CT molecular complexity index is 461. The van der Waals surface area contributed by atoms with Crippen molar-refractivity contribution >= 4 is 21.8 Å². The molecule has 1 amide bonds. The number of carbonyl (C=O) groups excluding carboxylic acids is 1. The van der Waals surface area contributed by atoms with Crippen molar-refractivity contribution in [1.82, 2.24) is 10.6 Å². The zero-order valence-electron chi connectivity index (χ0n) is 11.7. The highest BCUT2D eigenvalue weighted by molar-refractivity contribution is 9.10. The molecule has 0 heterocycles. The van der Waals surface area contributed by atoms with Crippen LogP contribution in [0.4, 0.5) is 0 Å². The molecule has 110 valence electrons. The summed E-state index contributed by atoms with van der Waals surface area (Å²) in [5, 5.41) is 6.27. The van der Waals surface area contributed by atoms with E-state index in [1.54, 1.807) is 0 Å². The number of benzene rings is 1. The third-order valence-corrected chi connectivity index (χ3v) is 3.75. The van der Waals surface area contributed by atoms with Gasteiger partial charge in [0.2, 0.25) is 0 Å². The van der Waals surface area contributed by atoms with Crippen LogP contribution in [0.2, 0.25) is 0 Å². The van der Waals surface area contributed by atoms with Crippen LogP contribution < -0.4 is 15.4 Å². The molecule has 1 aliphatic rings. The first-order valence-corrected chi connectivity index (χ1v) is 7.90. The molecule has 0 bridgehead atoms. The average molecular weight is 341 g/mol. The predicted octanol–water partition coefficient (Wildman–Crippen LogP) is 2.61. The van der Waals surface area contributed by atoms with E-state index in [0.717, 1.165) is 28.8 Å². The number of amides is 1. The van der Waals surface area contributed by atoms with E-state index in [2.05, 4.69) is 26.6 Å². The fourth-order valence-corrected chi connectivity index (χ4v) is 2.37. The first-order chi connectivity index (χ1) is 9.70. The Labute approximate surface area is 128 Å². The van der Waals surface area contributed by atoms with Crippen molar-refractivity contribution in [2.24, 2.45) is 0 Å². The highest BCUT2D eigenvalue weighted by Gasteiger charge is 2.21. The molecule has 2 N–H and O–H groups in total. The van der Waals surface area contributed by atoms with Crippen molar-refractivity contribution in [2.45, 2.75) is 38.8 Å². The summed E-state index contributed by atoms with van der Waals surface area (Å²) in [7, 11) is 0. The van der Waals surface area contributed by atoms with E-state index in [1.807, 2.05) is 25.1 Å². The molecule has 1 saturated carbocycles. The summed E-state index contributed by atoms with van der Waals surface area (Å²) in [4.78, 5) is 11.6. The number of carbonyl (C=O) groups is 1. The lowest BCUT2D eigenvalue weighted by atomic mass is 10.2. The Kier molecular flexibility index (Phi) is 5.86. The molecule has 0 aliphatic heterocycles. The summed E-state index contributed by atoms with van der Waals surface area (Å²) >= 11 is 3.49. The van der Waals surface area contributed by atoms with Crippen LogP contribution in [0, 0.1) is 0 Å². The number of nitrogens with one attached hydrogen (secondary N) is 2. The minimum atomic E-state index is -0.0799. The van der Waals surface area contributed by atoms with Gasteiger partial charge in [-0.3, -0.25) is 4.79 Å². The summed E-state index contributed by atoms with van der Waals surface area (Å²) in [6, 6.07) is 6.59. The van der Waals surface area contributed by atoms with E-state index in [0.29, 0.717) is 12.6 Å². The van der Waals surface area contributed by atoms with Gasteiger partial charge in [0, 0.05) is 24.7 Å². The molecule has 1 aromatic rings.